The molecule has 3 rings (SSSR count). The molecule has 3 heterocycles. The lowest BCUT2D eigenvalue weighted by molar-refractivity contribution is 0.162. The van der Waals surface area contributed by atoms with Crippen LogP contribution in [0.3, 0.4) is 0 Å². The Kier molecular flexibility index (Phi) is 3.52. The Morgan fingerprint density at radius 1 is 0.789 bits per heavy atom. The lowest BCUT2D eigenvalue weighted by Crippen LogP contribution is -1.96. The predicted octanol–water partition coefficient (Wildman–Crippen LogP) is 3.57. The number of furan rings is 1. The van der Waals surface area contributed by atoms with Crippen molar-refractivity contribution in [3.05, 3.63) is 68.4 Å². The number of thiophene rings is 2. The van der Waals surface area contributed by atoms with Crippen LogP contribution in [0.4, 0.5) is 0 Å². The monoisotopic (exact) mass is 292 g/mol. The van der Waals surface area contributed by atoms with Crippen LogP contribution in [0.5, 0.6) is 0 Å². The summed E-state index contributed by atoms with van der Waals surface area (Å²) in [5.74, 6) is 0.904. The van der Waals surface area contributed by atoms with Gasteiger partial charge in [0.2, 0.25) is 0 Å². The second kappa shape index (κ2) is 5.30. The van der Waals surface area contributed by atoms with Crippen LogP contribution < -0.4 is 0 Å². The van der Waals surface area contributed by atoms with Crippen LogP contribution in [0.2, 0.25) is 0 Å². The van der Waals surface area contributed by atoms with Crippen LogP contribution in [-0.2, 0) is 0 Å². The molecule has 3 aromatic heterocycles. The number of hydrogen-bond acceptors (Lipinski definition) is 5. The lowest BCUT2D eigenvalue weighted by Gasteiger charge is -2.07. The van der Waals surface area contributed by atoms with Crippen LogP contribution in [0.25, 0.3) is 0 Å². The molecule has 2 N–H and O–H groups in total. The third kappa shape index (κ3) is 2.50. The molecule has 0 saturated carbocycles. The molecule has 3 nitrogen and oxygen atoms in total. The molecule has 19 heavy (non-hydrogen) atoms. The first-order valence-electron chi connectivity index (χ1n) is 5.78. The van der Waals surface area contributed by atoms with E-state index in [0.717, 1.165) is 9.75 Å². The zero-order chi connectivity index (χ0) is 13.2. The zero-order valence-corrected chi connectivity index (χ0v) is 11.5. The van der Waals surface area contributed by atoms with Crippen LogP contribution in [0, 0.1) is 0 Å². The highest BCUT2D eigenvalue weighted by Crippen LogP contribution is 2.31. The molecule has 0 aromatic carbocycles. The predicted molar refractivity (Wildman–Crippen MR) is 75.5 cm³/mol. The SMILES string of the molecule is OC(c1ccc(C(O)c2cccs2)o1)c1cccs1. The van der Waals surface area contributed by atoms with Crippen molar-refractivity contribution in [1.29, 1.82) is 0 Å². The van der Waals surface area contributed by atoms with E-state index in [4.69, 9.17) is 4.42 Å². The molecule has 2 atom stereocenters. The van der Waals surface area contributed by atoms with Gasteiger partial charge in [0.15, 0.2) is 0 Å². The summed E-state index contributed by atoms with van der Waals surface area (Å²) >= 11 is 2.94. The van der Waals surface area contributed by atoms with Crippen molar-refractivity contribution in [2.75, 3.05) is 0 Å². The minimum Gasteiger partial charge on any atom is -0.460 e. The van der Waals surface area contributed by atoms with Gasteiger partial charge in [-0.15, -0.1) is 22.7 Å². The van der Waals surface area contributed by atoms with Gasteiger partial charge in [-0.05, 0) is 35.0 Å². The zero-order valence-electron chi connectivity index (χ0n) is 9.89. The highest BCUT2D eigenvalue weighted by Gasteiger charge is 2.20. The van der Waals surface area contributed by atoms with Crippen molar-refractivity contribution in [1.82, 2.24) is 0 Å². The van der Waals surface area contributed by atoms with E-state index >= 15 is 0 Å². The quantitative estimate of drug-likeness (QED) is 0.773. The van der Waals surface area contributed by atoms with Gasteiger partial charge in [-0.2, -0.15) is 0 Å². The van der Waals surface area contributed by atoms with Crippen LogP contribution >= 0.6 is 22.7 Å². The van der Waals surface area contributed by atoms with Gasteiger partial charge in [0.05, 0.1) is 0 Å². The summed E-state index contributed by atoms with van der Waals surface area (Å²) < 4.78 is 5.57. The smallest absolute Gasteiger partial charge is 0.146 e. The van der Waals surface area contributed by atoms with Gasteiger partial charge in [-0.25, -0.2) is 0 Å². The van der Waals surface area contributed by atoms with E-state index in [0.29, 0.717) is 11.5 Å². The summed E-state index contributed by atoms with van der Waals surface area (Å²) in [6.45, 7) is 0. The van der Waals surface area contributed by atoms with Gasteiger partial charge >= 0.3 is 0 Å². The lowest BCUT2D eigenvalue weighted by atomic mass is 10.2. The van der Waals surface area contributed by atoms with Gasteiger partial charge in [0, 0.05) is 9.75 Å². The van der Waals surface area contributed by atoms with Crippen LogP contribution in [-0.4, -0.2) is 10.2 Å². The van der Waals surface area contributed by atoms with Crippen molar-refractivity contribution < 1.29 is 14.6 Å². The van der Waals surface area contributed by atoms with Gasteiger partial charge in [0.1, 0.15) is 23.7 Å². The Balaban J connectivity index is 1.83. The first-order valence-corrected chi connectivity index (χ1v) is 7.54. The molecule has 98 valence electrons. The molecule has 2 unspecified atom stereocenters. The minimum atomic E-state index is -0.774. The van der Waals surface area contributed by atoms with E-state index in [1.165, 1.54) is 22.7 Å². The van der Waals surface area contributed by atoms with Gasteiger partial charge in [-0.1, -0.05) is 12.1 Å². The number of rotatable bonds is 4. The summed E-state index contributed by atoms with van der Waals surface area (Å²) in [6.07, 6.45) is -1.55. The van der Waals surface area contributed by atoms with E-state index < -0.39 is 12.2 Å². The normalized spacial score (nSPS) is 14.4. The summed E-state index contributed by atoms with van der Waals surface area (Å²) in [4.78, 5) is 1.65. The molecule has 0 fully saturated rings. The fraction of sp³-hybridized carbons (Fsp3) is 0.143. The number of aliphatic hydroxyl groups excluding tert-OH is 2. The average molecular weight is 292 g/mol. The highest BCUT2D eigenvalue weighted by molar-refractivity contribution is 7.10. The molecule has 0 aliphatic rings. The Bertz CT molecular complexity index is 571. The standard InChI is InChI=1S/C14H12O3S2/c15-13(11-3-1-7-18-11)9-5-6-10(17-9)14(16)12-4-2-8-19-12/h1-8,13-16H. The van der Waals surface area contributed by atoms with Crippen molar-refractivity contribution in [3.8, 4) is 0 Å². The molecule has 0 aliphatic heterocycles. The second-order valence-electron chi connectivity index (χ2n) is 4.08. The van der Waals surface area contributed by atoms with Crippen LogP contribution in [0.1, 0.15) is 33.5 Å². The number of aliphatic hydroxyl groups is 2. The maximum Gasteiger partial charge on any atom is 0.146 e. The molecular formula is C14H12O3S2. The minimum absolute atomic E-state index is 0.452. The summed E-state index contributed by atoms with van der Waals surface area (Å²) in [6, 6.07) is 10.9. The molecule has 3 aromatic rings. The average Bonchev–Trinajstić information content (AvgIpc) is 3.16. The van der Waals surface area contributed by atoms with Crippen molar-refractivity contribution in [2.45, 2.75) is 12.2 Å². The number of hydrogen-bond donors (Lipinski definition) is 2. The molecule has 0 aliphatic carbocycles. The molecule has 0 amide bonds. The first kappa shape index (κ1) is 12.6. The Labute approximate surface area is 118 Å². The van der Waals surface area contributed by atoms with Crippen molar-refractivity contribution >= 4 is 22.7 Å². The summed E-state index contributed by atoms with van der Waals surface area (Å²) in [5, 5.41) is 24.1. The Morgan fingerprint density at radius 3 is 1.63 bits per heavy atom. The van der Waals surface area contributed by atoms with E-state index in [9.17, 15) is 10.2 Å². The van der Waals surface area contributed by atoms with E-state index in [-0.39, 0.29) is 0 Å². The molecule has 0 saturated heterocycles. The molecule has 0 spiro atoms. The molecule has 0 bridgehead atoms. The molecule has 0 radical (unpaired) electrons. The van der Waals surface area contributed by atoms with Gasteiger partial charge in [0.25, 0.3) is 0 Å². The van der Waals surface area contributed by atoms with Gasteiger partial charge < -0.3 is 14.6 Å². The maximum atomic E-state index is 10.1. The summed E-state index contributed by atoms with van der Waals surface area (Å²) in [5.41, 5.74) is 0. The Hall–Kier alpha value is -1.40. The van der Waals surface area contributed by atoms with E-state index in [1.54, 1.807) is 12.1 Å². The Morgan fingerprint density at radius 2 is 1.26 bits per heavy atom. The first-order chi connectivity index (χ1) is 9.25. The van der Waals surface area contributed by atoms with Crippen molar-refractivity contribution in [2.24, 2.45) is 0 Å². The van der Waals surface area contributed by atoms with E-state index in [2.05, 4.69) is 0 Å². The fourth-order valence-electron chi connectivity index (χ4n) is 1.84. The molecular weight excluding hydrogens is 280 g/mol. The van der Waals surface area contributed by atoms with Crippen molar-refractivity contribution in [3.63, 3.8) is 0 Å². The second-order valence-corrected chi connectivity index (χ2v) is 6.03. The fourth-order valence-corrected chi connectivity index (χ4v) is 3.27. The van der Waals surface area contributed by atoms with Crippen LogP contribution in [0.15, 0.2) is 51.6 Å². The van der Waals surface area contributed by atoms with E-state index in [1.807, 2.05) is 35.0 Å². The largest absolute Gasteiger partial charge is 0.460 e. The van der Waals surface area contributed by atoms with Gasteiger partial charge in [-0.3, -0.25) is 0 Å². The molecule has 5 heteroatoms. The third-order valence-corrected chi connectivity index (χ3v) is 4.66. The maximum absolute atomic E-state index is 10.1. The summed E-state index contributed by atoms with van der Waals surface area (Å²) in [7, 11) is 0. The third-order valence-electron chi connectivity index (χ3n) is 2.81. The topological polar surface area (TPSA) is 53.6 Å². The highest BCUT2D eigenvalue weighted by atomic mass is 32.1.